The van der Waals surface area contributed by atoms with E-state index in [9.17, 15) is 14.4 Å². The van der Waals surface area contributed by atoms with Crippen LogP contribution in [0.5, 0.6) is 0 Å². The van der Waals surface area contributed by atoms with Crippen molar-refractivity contribution in [3.05, 3.63) is 65.7 Å². The van der Waals surface area contributed by atoms with Gasteiger partial charge in [-0.15, -0.1) is 0 Å². The highest BCUT2D eigenvalue weighted by atomic mass is 16.5. The number of rotatable bonds is 5. The number of nitrogens with zero attached hydrogens (tertiary/aromatic N) is 1. The Labute approximate surface area is 163 Å². The van der Waals surface area contributed by atoms with Crippen molar-refractivity contribution in [2.24, 2.45) is 0 Å². The first-order valence-corrected chi connectivity index (χ1v) is 8.91. The number of benzene rings is 2. The molecule has 3 rings (SSSR count). The maximum absolute atomic E-state index is 12.9. The fourth-order valence-electron chi connectivity index (χ4n) is 3.21. The molecular formula is C21H22N2O5. The number of carbonyl (C=O) groups excluding carboxylic acids is 3. The molecule has 1 saturated heterocycles. The SMILES string of the molecule is COC(=O)C1CC(OC)CN1C(=O)c1ccc(NC(=O)c2ccccc2)cc1. The summed E-state index contributed by atoms with van der Waals surface area (Å²) in [7, 11) is 2.85. The lowest BCUT2D eigenvalue weighted by atomic mass is 10.1. The molecule has 2 amide bonds. The summed E-state index contributed by atoms with van der Waals surface area (Å²) < 4.78 is 10.1. The maximum atomic E-state index is 12.9. The lowest BCUT2D eigenvalue weighted by molar-refractivity contribution is -0.145. The summed E-state index contributed by atoms with van der Waals surface area (Å²) in [5.74, 6) is -0.969. The highest BCUT2D eigenvalue weighted by Gasteiger charge is 2.40. The largest absolute Gasteiger partial charge is 0.467 e. The first-order chi connectivity index (χ1) is 13.5. The van der Waals surface area contributed by atoms with Crippen LogP contribution >= 0.6 is 0 Å². The first-order valence-electron chi connectivity index (χ1n) is 8.91. The van der Waals surface area contributed by atoms with Gasteiger partial charge >= 0.3 is 5.97 Å². The quantitative estimate of drug-likeness (QED) is 0.803. The van der Waals surface area contributed by atoms with Crippen molar-refractivity contribution in [2.75, 3.05) is 26.1 Å². The Morgan fingerprint density at radius 2 is 1.64 bits per heavy atom. The van der Waals surface area contributed by atoms with Gasteiger partial charge in [0.25, 0.3) is 11.8 Å². The molecule has 2 atom stereocenters. The van der Waals surface area contributed by atoms with Gasteiger partial charge in [0.2, 0.25) is 0 Å². The van der Waals surface area contributed by atoms with Crippen molar-refractivity contribution < 1.29 is 23.9 Å². The van der Waals surface area contributed by atoms with Crippen molar-refractivity contribution in [1.29, 1.82) is 0 Å². The molecule has 28 heavy (non-hydrogen) atoms. The van der Waals surface area contributed by atoms with Gasteiger partial charge in [-0.3, -0.25) is 9.59 Å². The molecule has 146 valence electrons. The van der Waals surface area contributed by atoms with Crippen LogP contribution in [-0.4, -0.2) is 55.6 Å². The molecule has 7 nitrogen and oxygen atoms in total. The van der Waals surface area contributed by atoms with Gasteiger partial charge in [0, 0.05) is 36.9 Å². The van der Waals surface area contributed by atoms with E-state index in [1.54, 1.807) is 55.6 Å². The second kappa shape index (κ2) is 8.67. The van der Waals surface area contributed by atoms with E-state index < -0.39 is 12.0 Å². The number of amides is 2. The van der Waals surface area contributed by atoms with Gasteiger partial charge in [0.15, 0.2) is 0 Å². The minimum absolute atomic E-state index is 0.211. The van der Waals surface area contributed by atoms with Crippen LogP contribution in [0.1, 0.15) is 27.1 Å². The van der Waals surface area contributed by atoms with Crippen LogP contribution in [0.2, 0.25) is 0 Å². The molecule has 0 aromatic heterocycles. The monoisotopic (exact) mass is 382 g/mol. The van der Waals surface area contributed by atoms with Crippen molar-refractivity contribution in [3.63, 3.8) is 0 Å². The van der Waals surface area contributed by atoms with Gasteiger partial charge in [0.05, 0.1) is 13.2 Å². The summed E-state index contributed by atoms with van der Waals surface area (Å²) in [4.78, 5) is 38.6. The molecule has 1 aliphatic heterocycles. The van der Waals surface area contributed by atoms with Gasteiger partial charge < -0.3 is 19.7 Å². The molecule has 0 radical (unpaired) electrons. The average molecular weight is 382 g/mol. The van der Waals surface area contributed by atoms with Crippen molar-refractivity contribution in [2.45, 2.75) is 18.6 Å². The van der Waals surface area contributed by atoms with Crippen molar-refractivity contribution >= 4 is 23.5 Å². The Morgan fingerprint density at radius 1 is 0.964 bits per heavy atom. The average Bonchev–Trinajstić information content (AvgIpc) is 3.18. The number of anilines is 1. The van der Waals surface area contributed by atoms with Gasteiger partial charge in [-0.25, -0.2) is 4.79 Å². The third-order valence-electron chi connectivity index (χ3n) is 4.76. The number of methoxy groups -OCH3 is 2. The zero-order valence-corrected chi connectivity index (χ0v) is 15.8. The molecule has 2 unspecified atom stereocenters. The number of carbonyl (C=O) groups is 3. The van der Waals surface area contributed by atoms with Crippen molar-refractivity contribution in [3.8, 4) is 0 Å². The van der Waals surface area contributed by atoms with E-state index in [0.717, 1.165) is 0 Å². The highest BCUT2D eigenvalue weighted by molar-refractivity contribution is 6.04. The minimum Gasteiger partial charge on any atom is -0.467 e. The number of hydrogen-bond acceptors (Lipinski definition) is 5. The van der Waals surface area contributed by atoms with E-state index in [4.69, 9.17) is 9.47 Å². The lowest BCUT2D eigenvalue weighted by Crippen LogP contribution is -2.41. The summed E-state index contributed by atoms with van der Waals surface area (Å²) in [5.41, 5.74) is 1.54. The number of hydrogen-bond donors (Lipinski definition) is 1. The Kier molecular flexibility index (Phi) is 6.06. The Hall–Kier alpha value is -3.19. The molecule has 7 heteroatoms. The molecular weight excluding hydrogens is 360 g/mol. The third-order valence-corrected chi connectivity index (χ3v) is 4.76. The number of esters is 1. The zero-order chi connectivity index (χ0) is 20.1. The zero-order valence-electron chi connectivity index (χ0n) is 15.8. The van der Waals surface area contributed by atoms with Crippen molar-refractivity contribution in [1.82, 2.24) is 4.90 Å². The van der Waals surface area contributed by atoms with E-state index in [1.165, 1.54) is 12.0 Å². The summed E-state index contributed by atoms with van der Waals surface area (Å²) in [6, 6.07) is 14.8. The van der Waals surface area contributed by atoms with Crippen LogP contribution in [0.25, 0.3) is 0 Å². The molecule has 1 aliphatic rings. The predicted molar refractivity (Wildman–Crippen MR) is 103 cm³/mol. The van der Waals surface area contributed by atoms with Gasteiger partial charge in [-0.05, 0) is 36.4 Å². The summed E-state index contributed by atoms with van der Waals surface area (Å²) >= 11 is 0. The normalized spacial score (nSPS) is 18.6. The number of nitrogens with one attached hydrogen (secondary N) is 1. The van der Waals surface area contributed by atoms with Gasteiger partial charge in [-0.2, -0.15) is 0 Å². The maximum Gasteiger partial charge on any atom is 0.328 e. The Morgan fingerprint density at radius 3 is 2.25 bits per heavy atom. The highest BCUT2D eigenvalue weighted by Crippen LogP contribution is 2.24. The van der Waals surface area contributed by atoms with Gasteiger partial charge in [0.1, 0.15) is 6.04 Å². The van der Waals surface area contributed by atoms with E-state index in [1.807, 2.05) is 6.07 Å². The van der Waals surface area contributed by atoms with Crippen LogP contribution in [0.4, 0.5) is 5.69 Å². The molecule has 1 N–H and O–H groups in total. The van der Waals surface area contributed by atoms with Gasteiger partial charge in [-0.1, -0.05) is 18.2 Å². The standard InChI is InChI=1S/C21H22N2O5/c1-27-17-12-18(21(26)28-2)23(13-17)20(25)15-8-10-16(11-9-15)22-19(24)14-6-4-3-5-7-14/h3-11,17-18H,12-13H2,1-2H3,(H,22,24). The fraction of sp³-hybridized carbons (Fsp3) is 0.286. The van der Waals surface area contributed by atoms with Crippen LogP contribution in [-0.2, 0) is 14.3 Å². The van der Waals surface area contributed by atoms with E-state index in [2.05, 4.69) is 5.32 Å². The summed E-state index contributed by atoms with van der Waals surface area (Å²) in [6.07, 6.45) is 0.192. The lowest BCUT2D eigenvalue weighted by Gasteiger charge is -2.22. The van der Waals surface area contributed by atoms with Crippen LogP contribution in [0.3, 0.4) is 0 Å². The molecule has 2 aromatic rings. The van der Waals surface area contributed by atoms with Crippen LogP contribution in [0, 0.1) is 0 Å². The molecule has 0 aliphatic carbocycles. The third kappa shape index (κ3) is 4.20. The molecule has 2 aromatic carbocycles. The second-order valence-corrected chi connectivity index (χ2v) is 6.49. The van der Waals surface area contributed by atoms with E-state index in [0.29, 0.717) is 29.8 Å². The second-order valence-electron chi connectivity index (χ2n) is 6.49. The topological polar surface area (TPSA) is 84.9 Å². The predicted octanol–water partition coefficient (Wildman–Crippen LogP) is 2.34. The van der Waals surface area contributed by atoms with Crippen LogP contribution in [0.15, 0.2) is 54.6 Å². The molecule has 1 fully saturated rings. The number of ether oxygens (including phenoxy) is 2. The Bertz CT molecular complexity index is 851. The number of likely N-dealkylation sites (tertiary alicyclic amines) is 1. The summed E-state index contributed by atoms with van der Waals surface area (Å²) in [5, 5.41) is 2.79. The van der Waals surface area contributed by atoms with E-state index in [-0.39, 0.29) is 17.9 Å². The Balaban J connectivity index is 1.71. The molecule has 0 bridgehead atoms. The molecule has 1 heterocycles. The molecule has 0 spiro atoms. The van der Waals surface area contributed by atoms with Crippen LogP contribution < -0.4 is 5.32 Å². The molecule has 0 saturated carbocycles. The minimum atomic E-state index is -0.667. The first kappa shape index (κ1) is 19.6. The van der Waals surface area contributed by atoms with E-state index >= 15 is 0 Å². The summed E-state index contributed by atoms with van der Waals surface area (Å²) in [6.45, 7) is 0.321. The smallest absolute Gasteiger partial charge is 0.328 e. The fourth-order valence-corrected chi connectivity index (χ4v) is 3.21.